The summed E-state index contributed by atoms with van der Waals surface area (Å²) in [5.74, 6) is 1.59. The second kappa shape index (κ2) is 5.65. The van der Waals surface area contributed by atoms with Gasteiger partial charge < -0.3 is 15.7 Å². The first-order valence-electron chi connectivity index (χ1n) is 5.47. The molecule has 0 aliphatic rings. The van der Waals surface area contributed by atoms with E-state index in [0.717, 1.165) is 11.4 Å². The fraction of sp³-hybridized carbons (Fsp3) is 0.636. The second-order valence-electron chi connectivity index (χ2n) is 4.07. The monoisotopic (exact) mass is 224 g/mol. The third-order valence-corrected chi connectivity index (χ3v) is 2.70. The molecule has 0 bridgehead atoms. The fourth-order valence-corrected chi connectivity index (χ4v) is 1.22. The third-order valence-electron chi connectivity index (χ3n) is 2.70. The zero-order valence-corrected chi connectivity index (χ0v) is 10.3. The van der Waals surface area contributed by atoms with Crippen molar-refractivity contribution in [2.45, 2.75) is 26.8 Å². The van der Waals surface area contributed by atoms with E-state index in [-0.39, 0.29) is 18.6 Å². The van der Waals surface area contributed by atoms with E-state index in [1.807, 2.05) is 20.8 Å². The van der Waals surface area contributed by atoms with Gasteiger partial charge >= 0.3 is 0 Å². The minimum atomic E-state index is 0.164. The third kappa shape index (κ3) is 3.06. The summed E-state index contributed by atoms with van der Waals surface area (Å²) in [6, 6.07) is 0.170. The quantitative estimate of drug-likeness (QED) is 0.702. The van der Waals surface area contributed by atoms with E-state index in [2.05, 4.69) is 20.6 Å². The van der Waals surface area contributed by atoms with Crippen molar-refractivity contribution in [1.82, 2.24) is 9.97 Å². The fourth-order valence-electron chi connectivity index (χ4n) is 1.22. The summed E-state index contributed by atoms with van der Waals surface area (Å²) < 4.78 is 0. The normalized spacial score (nSPS) is 14.3. The molecule has 0 aliphatic heterocycles. The molecule has 90 valence electrons. The van der Waals surface area contributed by atoms with Crippen molar-refractivity contribution in [2.24, 2.45) is 5.92 Å². The van der Waals surface area contributed by atoms with Gasteiger partial charge in [0, 0.05) is 31.5 Å². The van der Waals surface area contributed by atoms with Gasteiger partial charge in [-0.05, 0) is 19.8 Å². The van der Waals surface area contributed by atoms with E-state index < -0.39 is 0 Å². The molecule has 1 rings (SSSR count). The zero-order chi connectivity index (χ0) is 12.1. The van der Waals surface area contributed by atoms with Gasteiger partial charge in [-0.15, -0.1) is 0 Å². The molecule has 1 heterocycles. The highest BCUT2D eigenvalue weighted by Gasteiger charge is 2.13. The Hall–Kier alpha value is -1.36. The van der Waals surface area contributed by atoms with E-state index in [4.69, 9.17) is 5.11 Å². The van der Waals surface area contributed by atoms with Crippen molar-refractivity contribution < 1.29 is 5.11 Å². The van der Waals surface area contributed by atoms with Gasteiger partial charge in [0.25, 0.3) is 0 Å². The number of aryl methyl sites for hydroxylation is 1. The summed E-state index contributed by atoms with van der Waals surface area (Å²) in [6.07, 6.45) is 1.78. The van der Waals surface area contributed by atoms with Crippen molar-refractivity contribution in [3.8, 4) is 0 Å². The number of aliphatic hydroxyl groups excluding tert-OH is 1. The van der Waals surface area contributed by atoms with E-state index in [1.165, 1.54) is 0 Å². The van der Waals surface area contributed by atoms with Crippen LogP contribution in [-0.2, 0) is 0 Å². The van der Waals surface area contributed by atoms with Crippen LogP contribution < -0.4 is 10.6 Å². The lowest BCUT2D eigenvalue weighted by molar-refractivity contribution is 0.226. The second-order valence-corrected chi connectivity index (χ2v) is 4.07. The van der Waals surface area contributed by atoms with Crippen LogP contribution >= 0.6 is 0 Å². The van der Waals surface area contributed by atoms with Crippen molar-refractivity contribution in [3.63, 3.8) is 0 Å². The topological polar surface area (TPSA) is 70.1 Å². The van der Waals surface area contributed by atoms with Gasteiger partial charge in [0.2, 0.25) is 5.95 Å². The molecule has 0 aromatic carbocycles. The summed E-state index contributed by atoms with van der Waals surface area (Å²) in [5, 5.41) is 15.3. The van der Waals surface area contributed by atoms with Gasteiger partial charge in [0.15, 0.2) is 0 Å². The van der Waals surface area contributed by atoms with E-state index >= 15 is 0 Å². The van der Waals surface area contributed by atoms with Crippen molar-refractivity contribution >= 4 is 11.8 Å². The van der Waals surface area contributed by atoms with Crippen LogP contribution in [0.2, 0.25) is 0 Å². The van der Waals surface area contributed by atoms with Gasteiger partial charge in [0.05, 0.1) is 0 Å². The molecular weight excluding hydrogens is 204 g/mol. The van der Waals surface area contributed by atoms with Crippen molar-refractivity contribution in [1.29, 1.82) is 0 Å². The van der Waals surface area contributed by atoms with Crippen LogP contribution in [0.1, 0.15) is 19.4 Å². The number of hydrogen-bond acceptors (Lipinski definition) is 5. The van der Waals surface area contributed by atoms with Gasteiger partial charge in [0.1, 0.15) is 5.82 Å². The highest BCUT2D eigenvalue weighted by molar-refractivity contribution is 5.46. The van der Waals surface area contributed by atoms with Crippen molar-refractivity contribution in [2.75, 3.05) is 24.3 Å². The molecule has 2 atom stereocenters. The summed E-state index contributed by atoms with van der Waals surface area (Å²) in [5.41, 5.74) is 0.996. The number of rotatable bonds is 5. The molecule has 0 radical (unpaired) electrons. The first-order chi connectivity index (χ1) is 7.58. The van der Waals surface area contributed by atoms with Gasteiger partial charge in [-0.25, -0.2) is 4.98 Å². The van der Waals surface area contributed by atoms with Crippen LogP contribution in [0.3, 0.4) is 0 Å². The molecule has 3 N–H and O–H groups in total. The van der Waals surface area contributed by atoms with Gasteiger partial charge in [-0.1, -0.05) is 6.92 Å². The predicted molar refractivity (Wildman–Crippen MR) is 65.7 cm³/mol. The predicted octanol–water partition coefficient (Wildman–Crippen LogP) is 1.26. The standard InChI is InChI=1S/C11H20N4O/c1-7-5-13-11(12-4)15-10(7)14-9(3)8(2)6-16/h5,8-9,16H,6H2,1-4H3,(H2,12,13,14,15). The highest BCUT2D eigenvalue weighted by atomic mass is 16.3. The minimum Gasteiger partial charge on any atom is -0.396 e. The summed E-state index contributed by atoms with van der Waals surface area (Å²) in [4.78, 5) is 8.45. The van der Waals surface area contributed by atoms with Crippen molar-refractivity contribution in [3.05, 3.63) is 11.8 Å². The molecule has 0 spiro atoms. The molecule has 1 aromatic rings. The Morgan fingerprint density at radius 2 is 2.12 bits per heavy atom. The molecule has 0 amide bonds. The molecule has 5 heteroatoms. The Kier molecular flexibility index (Phi) is 4.49. The van der Waals surface area contributed by atoms with Gasteiger partial charge in [-0.2, -0.15) is 4.98 Å². The van der Waals surface area contributed by atoms with Crippen LogP contribution in [0.15, 0.2) is 6.20 Å². The maximum absolute atomic E-state index is 9.07. The van der Waals surface area contributed by atoms with Crippen LogP contribution in [0.25, 0.3) is 0 Å². The summed E-state index contributed by atoms with van der Waals surface area (Å²) in [6.45, 7) is 6.14. The van der Waals surface area contributed by atoms with E-state index in [9.17, 15) is 0 Å². The largest absolute Gasteiger partial charge is 0.396 e. The molecular formula is C11H20N4O. The summed E-state index contributed by atoms with van der Waals surface area (Å²) in [7, 11) is 1.79. The Morgan fingerprint density at radius 1 is 1.44 bits per heavy atom. The van der Waals surface area contributed by atoms with E-state index in [0.29, 0.717) is 5.95 Å². The molecule has 2 unspecified atom stereocenters. The number of anilines is 2. The van der Waals surface area contributed by atoms with Crippen LogP contribution in [0.5, 0.6) is 0 Å². The van der Waals surface area contributed by atoms with Crippen LogP contribution in [-0.4, -0.2) is 34.8 Å². The maximum atomic E-state index is 9.07. The lowest BCUT2D eigenvalue weighted by atomic mass is 10.1. The van der Waals surface area contributed by atoms with E-state index in [1.54, 1.807) is 13.2 Å². The Bertz CT molecular complexity index is 343. The number of hydrogen-bond donors (Lipinski definition) is 3. The number of aromatic nitrogens is 2. The lowest BCUT2D eigenvalue weighted by Crippen LogP contribution is -2.27. The zero-order valence-electron chi connectivity index (χ0n) is 10.3. The minimum absolute atomic E-state index is 0.164. The summed E-state index contributed by atoms with van der Waals surface area (Å²) >= 11 is 0. The number of aliphatic hydroxyl groups is 1. The Morgan fingerprint density at radius 3 is 2.69 bits per heavy atom. The molecule has 0 fully saturated rings. The lowest BCUT2D eigenvalue weighted by Gasteiger charge is -2.21. The average molecular weight is 224 g/mol. The maximum Gasteiger partial charge on any atom is 0.224 e. The molecule has 16 heavy (non-hydrogen) atoms. The van der Waals surface area contributed by atoms with Gasteiger partial charge in [-0.3, -0.25) is 0 Å². The molecule has 0 aliphatic carbocycles. The Labute approximate surface area is 96.3 Å². The molecule has 5 nitrogen and oxygen atoms in total. The Balaban J connectivity index is 2.79. The number of nitrogens with zero attached hydrogens (tertiary/aromatic N) is 2. The highest BCUT2D eigenvalue weighted by Crippen LogP contribution is 2.15. The van der Waals surface area contributed by atoms with Crippen LogP contribution in [0, 0.1) is 12.8 Å². The van der Waals surface area contributed by atoms with Crippen LogP contribution in [0.4, 0.5) is 11.8 Å². The SMILES string of the molecule is CNc1ncc(C)c(NC(C)C(C)CO)n1. The number of nitrogens with one attached hydrogen (secondary N) is 2. The average Bonchev–Trinajstić information content (AvgIpc) is 2.30. The first-order valence-corrected chi connectivity index (χ1v) is 5.47. The smallest absolute Gasteiger partial charge is 0.224 e. The molecule has 0 saturated carbocycles. The molecule has 1 aromatic heterocycles. The molecule has 0 saturated heterocycles. The first kappa shape index (κ1) is 12.7.